The van der Waals surface area contributed by atoms with Crippen LogP contribution in [0.3, 0.4) is 0 Å². The number of morpholine rings is 1. The van der Waals surface area contributed by atoms with Crippen molar-refractivity contribution in [2.75, 3.05) is 38.6 Å². The lowest BCUT2D eigenvalue weighted by Crippen LogP contribution is -2.47. The zero-order valence-electron chi connectivity index (χ0n) is 15.6. The molecule has 1 aliphatic rings. The number of hydrogen-bond acceptors (Lipinski definition) is 3. The Morgan fingerprint density at radius 2 is 1.92 bits per heavy atom. The van der Waals surface area contributed by atoms with Gasteiger partial charge >= 0.3 is 0 Å². The van der Waals surface area contributed by atoms with Gasteiger partial charge in [-0.05, 0) is 31.7 Å². The highest BCUT2D eigenvalue weighted by Crippen LogP contribution is 2.08. The minimum Gasteiger partial charge on any atom is -0.374 e. The monoisotopic (exact) mass is 352 g/mol. The Morgan fingerprint density at radius 3 is 2.65 bits per heavy atom. The average molecular weight is 352 g/mol. The molecule has 1 saturated heterocycles. The molecule has 0 spiro atoms. The summed E-state index contributed by atoms with van der Waals surface area (Å²) < 4.78 is 5.84. The third-order valence-electron chi connectivity index (χ3n) is 4.42. The van der Waals surface area contributed by atoms with Gasteiger partial charge in [0.1, 0.15) is 0 Å². The lowest BCUT2D eigenvalue weighted by atomic mass is 10.1. The molecular weight excluding hydrogens is 324 g/mol. The first-order chi connectivity index (χ1) is 12.7. The van der Waals surface area contributed by atoms with Crippen molar-refractivity contribution >= 4 is 11.6 Å². The number of guanidine groups is 1. The molecule has 1 aliphatic heterocycles. The molecule has 1 atom stereocenters. The fourth-order valence-electron chi connectivity index (χ4n) is 2.86. The summed E-state index contributed by atoms with van der Waals surface area (Å²) in [6.45, 7) is 6.17. The molecule has 0 radical (unpaired) electrons. The highest BCUT2D eigenvalue weighted by atomic mass is 16.5. The van der Waals surface area contributed by atoms with Crippen molar-refractivity contribution in [1.82, 2.24) is 10.2 Å². The number of benzene rings is 2. The largest absolute Gasteiger partial charge is 0.374 e. The summed E-state index contributed by atoms with van der Waals surface area (Å²) in [5.41, 5.74) is 3.47. The van der Waals surface area contributed by atoms with Gasteiger partial charge in [-0.2, -0.15) is 0 Å². The minimum atomic E-state index is 0.177. The van der Waals surface area contributed by atoms with Gasteiger partial charge in [0, 0.05) is 25.3 Å². The van der Waals surface area contributed by atoms with Gasteiger partial charge in [0.05, 0.1) is 19.3 Å². The molecule has 0 aromatic heterocycles. The number of nitrogens with zero attached hydrogens (tertiary/aromatic N) is 2. The van der Waals surface area contributed by atoms with Crippen LogP contribution in [0.25, 0.3) is 0 Å². The minimum absolute atomic E-state index is 0.177. The number of aliphatic imine (C=N–C) groups is 1. The Bertz CT molecular complexity index is 700. The van der Waals surface area contributed by atoms with Gasteiger partial charge in [-0.1, -0.05) is 48.0 Å². The Labute approximate surface area is 156 Å². The van der Waals surface area contributed by atoms with E-state index in [1.54, 1.807) is 0 Å². The first kappa shape index (κ1) is 18.4. The van der Waals surface area contributed by atoms with E-state index in [1.165, 1.54) is 11.1 Å². The Morgan fingerprint density at radius 1 is 1.15 bits per heavy atom. The van der Waals surface area contributed by atoms with Gasteiger partial charge in [0.2, 0.25) is 0 Å². The maximum absolute atomic E-state index is 5.84. The van der Waals surface area contributed by atoms with Crippen molar-refractivity contribution in [1.29, 1.82) is 0 Å². The molecule has 0 amide bonds. The molecule has 0 aliphatic carbocycles. The topological polar surface area (TPSA) is 48.9 Å². The molecule has 2 aromatic carbocycles. The van der Waals surface area contributed by atoms with Crippen LogP contribution in [0.5, 0.6) is 0 Å². The predicted octanol–water partition coefficient (Wildman–Crippen LogP) is 2.88. The number of rotatable bonds is 5. The summed E-state index contributed by atoms with van der Waals surface area (Å²) in [6, 6.07) is 18.6. The number of anilines is 1. The van der Waals surface area contributed by atoms with Crippen LogP contribution in [0.4, 0.5) is 5.69 Å². The molecule has 5 heteroatoms. The smallest absolute Gasteiger partial charge is 0.196 e. The van der Waals surface area contributed by atoms with Crippen LogP contribution in [0.1, 0.15) is 11.1 Å². The van der Waals surface area contributed by atoms with Gasteiger partial charge in [-0.15, -0.1) is 0 Å². The second kappa shape index (κ2) is 9.36. The van der Waals surface area contributed by atoms with Crippen molar-refractivity contribution in [2.45, 2.75) is 19.6 Å². The van der Waals surface area contributed by atoms with Gasteiger partial charge in [-0.3, -0.25) is 0 Å². The number of likely N-dealkylation sites (N-methyl/N-ethyl adjacent to an activating group) is 1. The van der Waals surface area contributed by atoms with E-state index >= 15 is 0 Å². The molecule has 0 saturated carbocycles. The summed E-state index contributed by atoms with van der Waals surface area (Å²) in [4.78, 5) is 7.04. The fraction of sp³-hybridized carbons (Fsp3) is 0.381. The van der Waals surface area contributed by atoms with E-state index in [0.29, 0.717) is 6.54 Å². The number of para-hydroxylation sites is 1. The van der Waals surface area contributed by atoms with Crippen LogP contribution < -0.4 is 10.6 Å². The van der Waals surface area contributed by atoms with Crippen LogP contribution in [0.15, 0.2) is 59.6 Å². The van der Waals surface area contributed by atoms with Gasteiger partial charge < -0.3 is 20.3 Å². The summed E-state index contributed by atoms with van der Waals surface area (Å²) >= 11 is 0. The van der Waals surface area contributed by atoms with E-state index in [2.05, 4.69) is 53.8 Å². The molecule has 26 heavy (non-hydrogen) atoms. The number of aryl methyl sites for hydroxylation is 1. The Hall–Kier alpha value is -2.37. The molecule has 1 fully saturated rings. The molecular formula is C21H28N4O. The van der Waals surface area contributed by atoms with Crippen LogP contribution in [0.2, 0.25) is 0 Å². The first-order valence-electron chi connectivity index (χ1n) is 9.15. The summed E-state index contributed by atoms with van der Waals surface area (Å²) in [5, 5.41) is 6.81. The highest BCUT2D eigenvalue weighted by Gasteiger charge is 2.17. The van der Waals surface area contributed by atoms with E-state index in [-0.39, 0.29) is 6.10 Å². The van der Waals surface area contributed by atoms with Crippen LogP contribution in [-0.4, -0.2) is 50.3 Å². The molecule has 2 N–H and O–H groups in total. The Kier molecular flexibility index (Phi) is 6.63. The van der Waals surface area contributed by atoms with Gasteiger partial charge in [0.25, 0.3) is 0 Å². The molecule has 138 valence electrons. The maximum atomic E-state index is 5.84. The zero-order chi connectivity index (χ0) is 18.2. The summed E-state index contributed by atoms with van der Waals surface area (Å²) in [5.74, 6) is 0.772. The number of nitrogens with one attached hydrogen (secondary N) is 2. The molecule has 2 aromatic rings. The van der Waals surface area contributed by atoms with Crippen molar-refractivity contribution in [3.8, 4) is 0 Å². The second-order valence-corrected chi connectivity index (χ2v) is 6.78. The van der Waals surface area contributed by atoms with E-state index in [4.69, 9.17) is 9.73 Å². The number of ether oxygens (including phenoxy) is 1. The molecule has 3 rings (SSSR count). The third-order valence-corrected chi connectivity index (χ3v) is 4.42. The van der Waals surface area contributed by atoms with Crippen molar-refractivity contribution in [2.24, 2.45) is 4.99 Å². The van der Waals surface area contributed by atoms with Gasteiger partial charge in [0.15, 0.2) is 5.96 Å². The van der Waals surface area contributed by atoms with E-state index in [0.717, 1.165) is 37.9 Å². The van der Waals surface area contributed by atoms with Crippen LogP contribution in [0, 0.1) is 6.92 Å². The van der Waals surface area contributed by atoms with Crippen LogP contribution >= 0.6 is 0 Å². The van der Waals surface area contributed by atoms with Crippen molar-refractivity contribution < 1.29 is 4.74 Å². The summed E-state index contributed by atoms with van der Waals surface area (Å²) in [7, 11) is 2.13. The quantitative estimate of drug-likeness (QED) is 0.642. The third kappa shape index (κ3) is 5.86. The molecule has 1 unspecified atom stereocenters. The predicted molar refractivity (Wildman–Crippen MR) is 108 cm³/mol. The first-order valence-corrected chi connectivity index (χ1v) is 9.15. The van der Waals surface area contributed by atoms with E-state index < -0.39 is 0 Å². The normalized spacial score (nSPS) is 18.5. The van der Waals surface area contributed by atoms with Gasteiger partial charge in [-0.25, -0.2) is 4.99 Å². The highest BCUT2D eigenvalue weighted by molar-refractivity contribution is 5.93. The lowest BCUT2D eigenvalue weighted by molar-refractivity contribution is -0.0160. The van der Waals surface area contributed by atoms with Crippen molar-refractivity contribution in [3.63, 3.8) is 0 Å². The fourth-order valence-corrected chi connectivity index (χ4v) is 2.86. The maximum Gasteiger partial charge on any atom is 0.196 e. The SMILES string of the molecule is Cc1ccc(CN=C(NCC2CN(C)CCO2)Nc2ccccc2)cc1. The van der Waals surface area contributed by atoms with E-state index in [1.807, 2.05) is 30.3 Å². The molecule has 1 heterocycles. The zero-order valence-corrected chi connectivity index (χ0v) is 15.6. The summed E-state index contributed by atoms with van der Waals surface area (Å²) in [6.07, 6.45) is 0.177. The van der Waals surface area contributed by atoms with Crippen molar-refractivity contribution in [3.05, 3.63) is 65.7 Å². The lowest BCUT2D eigenvalue weighted by Gasteiger charge is -2.30. The standard InChI is InChI=1S/C21H28N4O/c1-17-8-10-18(11-9-17)14-22-21(24-19-6-4-3-5-7-19)23-15-20-16-25(2)12-13-26-20/h3-11,20H,12-16H2,1-2H3,(H2,22,23,24). The second-order valence-electron chi connectivity index (χ2n) is 6.78. The van der Waals surface area contributed by atoms with Crippen LogP contribution in [-0.2, 0) is 11.3 Å². The molecule has 0 bridgehead atoms. The number of hydrogen-bond donors (Lipinski definition) is 2. The average Bonchev–Trinajstić information content (AvgIpc) is 2.66. The molecule has 5 nitrogen and oxygen atoms in total. The Balaban J connectivity index is 1.64. The van der Waals surface area contributed by atoms with E-state index in [9.17, 15) is 0 Å².